The maximum atomic E-state index is 3.68. The second kappa shape index (κ2) is 1.74. The third-order valence-electron chi connectivity index (χ3n) is 3.36. The molecule has 3 saturated heterocycles. The summed E-state index contributed by atoms with van der Waals surface area (Å²) in [7, 11) is 0. The lowest BCUT2D eigenvalue weighted by Gasteiger charge is -2.37. The van der Waals surface area contributed by atoms with Gasteiger partial charge < -0.3 is 10.2 Å². The van der Waals surface area contributed by atoms with Crippen molar-refractivity contribution in [1.29, 1.82) is 0 Å². The number of hydrogen-bond donors (Lipinski definition) is 1. The molecule has 0 amide bonds. The zero-order valence-corrected chi connectivity index (χ0v) is 6.21. The largest absolute Gasteiger partial charge is 0.308 e. The van der Waals surface area contributed by atoms with Crippen LogP contribution in [0.3, 0.4) is 0 Å². The number of piperazine rings is 1. The van der Waals surface area contributed by atoms with Crippen LogP contribution in [0.15, 0.2) is 0 Å². The zero-order chi connectivity index (χ0) is 6.55. The monoisotopic (exact) mass is 138 g/mol. The standard InChI is InChI=1S/C8H14N2/c1-2-10-4-7-3-6(1)8(5-10)9-7/h6-9H,1-5H2/t6-,7?,8-/m1/s1. The van der Waals surface area contributed by atoms with Gasteiger partial charge in [0, 0.05) is 25.2 Å². The fourth-order valence-corrected chi connectivity index (χ4v) is 2.88. The van der Waals surface area contributed by atoms with Crippen molar-refractivity contribution >= 4 is 0 Å². The summed E-state index contributed by atoms with van der Waals surface area (Å²) in [6.07, 6.45) is 2.91. The molecule has 0 aromatic heterocycles. The molecule has 3 aliphatic heterocycles. The van der Waals surface area contributed by atoms with E-state index in [4.69, 9.17) is 0 Å². The second-order valence-electron chi connectivity index (χ2n) is 4.01. The molecule has 0 spiro atoms. The smallest absolute Gasteiger partial charge is 0.0227 e. The Morgan fingerprint density at radius 3 is 3.30 bits per heavy atom. The van der Waals surface area contributed by atoms with Crippen molar-refractivity contribution in [2.75, 3.05) is 19.6 Å². The highest BCUT2D eigenvalue weighted by molar-refractivity contribution is 5.01. The highest BCUT2D eigenvalue weighted by atomic mass is 15.3. The lowest BCUT2D eigenvalue weighted by Crippen LogP contribution is -2.54. The van der Waals surface area contributed by atoms with Crippen LogP contribution in [-0.2, 0) is 0 Å². The molecule has 2 heteroatoms. The Bertz CT molecular complexity index is 147. The van der Waals surface area contributed by atoms with Gasteiger partial charge in [0.15, 0.2) is 0 Å². The van der Waals surface area contributed by atoms with Crippen LogP contribution >= 0.6 is 0 Å². The molecule has 2 nitrogen and oxygen atoms in total. The van der Waals surface area contributed by atoms with Crippen LogP contribution in [0.1, 0.15) is 12.8 Å². The summed E-state index contributed by atoms with van der Waals surface area (Å²) in [5.74, 6) is 1.03. The van der Waals surface area contributed by atoms with Gasteiger partial charge in [-0.3, -0.25) is 0 Å². The fourth-order valence-electron chi connectivity index (χ4n) is 2.88. The van der Waals surface area contributed by atoms with E-state index in [9.17, 15) is 0 Å². The van der Waals surface area contributed by atoms with E-state index in [1.807, 2.05) is 0 Å². The minimum Gasteiger partial charge on any atom is -0.308 e. The van der Waals surface area contributed by atoms with E-state index < -0.39 is 0 Å². The lowest BCUT2D eigenvalue weighted by atomic mass is 9.94. The number of hydrogen-bond acceptors (Lipinski definition) is 2. The Morgan fingerprint density at radius 1 is 1.30 bits per heavy atom. The molecule has 3 heterocycles. The van der Waals surface area contributed by atoms with Gasteiger partial charge in [0.05, 0.1) is 0 Å². The maximum Gasteiger partial charge on any atom is 0.0227 e. The molecule has 4 atom stereocenters. The van der Waals surface area contributed by atoms with E-state index >= 15 is 0 Å². The molecule has 10 heavy (non-hydrogen) atoms. The predicted molar refractivity (Wildman–Crippen MR) is 39.9 cm³/mol. The SMILES string of the molecule is C1C[N@@]2CC3C[C@@H]1[C@@H](C2)N3. The van der Waals surface area contributed by atoms with Gasteiger partial charge in [0.2, 0.25) is 0 Å². The molecule has 1 N–H and O–H groups in total. The topological polar surface area (TPSA) is 15.3 Å². The second-order valence-corrected chi connectivity index (χ2v) is 4.01. The first kappa shape index (κ1) is 5.56. The van der Waals surface area contributed by atoms with Gasteiger partial charge in [0.1, 0.15) is 0 Å². The first-order chi connectivity index (χ1) is 4.92. The quantitative estimate of drug-likeness (QED) is 0.509. The molecule has 0 aromatic carbocycles. The van der Waals surface area contributed by atoms with Crippen LogP contribution < -0.4 is 5.32 Å². The van der Waals surface area contributed by atoms with E-state index in [-0.39, 0.29) is 0 Å². The van der Waals surface area contributed by atoms with Crippen LogP contribution in [0.5, 0.6) is 0 Å². The van der Waals surface area contributed by atoms with Crippen molar-refractivity contribution in [3.63, 3.8) is 0 Å². The average molecular weight is 138 g/mol. The van der Waals surface area contributed by atoms with Crippen LogP contribution in [0.25, 0.3) is 0 Å². The van der Waals surface area contributed by atoms with Gasteiger partial charge in [-0.25, -0.2) is 0 Å². The first-order valence-electron chi connectivity index (χ1n) is 4.40. The summed E-state index contributed by atoms with van der Waals surface area (Å²) < 4.78 is 0. The van der Waals surface area contributed by atoms with E-state index in [1.165, 1.54) is 32.5 Å². The van der Waals surface area contributed by atoms with Crippen LogP contribution in [-0.4, -0.2) is 36.6 Å². The third-order valence-corrected chi connectivity index (χ3v) is 3.36. The summed E-state index contributed by atoms with van der Waals surface area (Å²) in [6, 6.07) is 1.72. The Hall–Kier alpha value is -0.0800. The van der Waals surface area contributed by atoms with Gasteiger partial charge >= 0.3 is 0 Å². The van der Waals surface area contributed by atoms with Crippen molar-refractivity contribution in [2.45, 2.75) is 24.9 Å². The Morgan fingerprint density at radius 2 is 2.30 bits per heavy atom. The predicted octanol–water partition coefficient (Wildman–Crippen LogP) is 0.0524. The summed E-state index contributed by atoms with van der Waals surface area (Å²) in [6.45, 7) is 4.04. The first-order valence-corrected chi connectivity index (χ1v) is 4.40. The van der Waals surface area contributed by atoms with Crippen molar-refractivity contribution in [2.24, 2.45) is 5.92 Å². The normalized spacial score (nSPS) is 57.6. The summed E-state index contributed by atoms with van der Waals surface area (Å²) >= 11 is 0. The Kier molecular flexibility index (Phi) is 0.968. The molecule has 1 unspecified atom stereocenters. The van der Waals surface area contributed by atoms with E-state index in [2.05, 4.69) is 10.2 Å². The summed E-state index contributed by atoms with van der Waals surface area (Å²) in [5.41, 5.74) is 0. The van der Waals surface area contributed by atoms with Gasteiger partial charge in [-0.2, -0.15) is 0 Å². The molecule has 0 aromatic rings. The molecule has 3 rings (SSSR count). The van der Waals surface area contributed by atoms with Gasteiger partial charge in [-0.1, -0.05) is 0 Å². The summed E-state index contributed by atoms with van der Waals surface area (Å²) in [4.78, 5) is 2.62. The van der Waals surface area contributed by atoms with Crippen LogP contribution in [0.2, 0.25) is 0 Å². The zero-order valence-electron chi connectivity index (χ0n) is 6.21. The molecule has 3 fully saturated rings. The maximum absolute atomic E-state index is 3.68. The van der Waals surface area contributed by atoms with Gasteiger partial charge in [-0.15, -0.1) is 0 Å². The van der Waals surface area contributed by atoms with Crippen molar-refractivity contribution < 1.29 is 0 Å². The van der Waals surface area contributed by atoms with E-state index in [0.29, 0.717) is 0 Å². The molecule has 0 saturated carbocycles. The minimum atomic E-state index is 0.853. The number of piperidine rings is 1. The molecule has 3 aliphatic rings. The van der Waals surface area contributed by atoms with Gasteiger partial charge in [-0.05, 0) is 25.3 Å². The van der Waals surface area contributed by atoms with E-state index in [1.54, 1.807) is 0 Å². The van der Waals surface area contributed by atoms with Crippen LogP contribution in [0.4, 0.5) is 0 Å². The third kappa shape index (κ3) is 0.611. The van der Waals surface area contributed by atoms with Gasteiger partial charge in [0.25, 0.3) is 0 Å². The van der Waals surface area contributed by atoms with E-state index in [0.717, 1.165) is 18.0 Å². The number of nitrogens with zero attached hydrogens (tertiary/aromatic N) is 1. The fraction of sp³-hybridized carbons (Fsp3) is 1.00. The number of nitrogens with one attached hydrogen (secondary N) is 1. The number of rotatable bonds is 0. The highest BCUT2D eigenvalue weighted by Crippen LogP contribution is 2.33. The summed E-state index contributed by atoms with van der Waals surface area (Å²) in [5, 5.41) is 3.68. The average Bonchev–Trinajstić information content (AvgIpc) is 2.11. The number of fused-ring (bicyclic) bond motifs is 2. The molecular formula is C8H14N2. The molecule has 56 valence electrons. The lowest BCUT2D eigenvalue weighted by molar-refractivity contribution is 0.146. The molecule has 0 aliphatic carbocycles. The Balaban J connectivity index is 1.94. The minimum absolute atomic E-state index is 0.853. The van der Waals surface area contributed by atoms with Crippen molar-refractivity contribution in [3.8, 4) is 0 Å². The highest BCUT2D eigenvalue weighted by Gasteiger charge is 2.42. The molecule has 3 bridgehead atoms. The van der Waals surface area contributed by atoms with Crippen LogP contribution in [0, 0.1) is 5.92 Å². The van der Waals surface area contributed by atoms with Crippen molar-refractivity contribution in [3.05, 3.63) is 0 Å². The van der Waals surface area contributed by atoms with Crippen molar-refractivity contribution in [1.82, 2.24) is 10.2 Å². The molecule has 0 radical (unpaired) electrons. The molecular weight excluding hydrogens is 124 g/mol. The Labute approximate surface area is 61.6 Å².